The summed E-state index contributed by atoms with van der Waals surface area (Å²) in [5.74, 6) is 0. The molecule has 0 fully saturated rings. The summed E-state index contributed by atoms with van der Waals surface area (Å²) in [4.78, 5) is 10.2. The number of rotatable bonds is 3. The van der Waals surface area contributed by atoms with Gasteiger partial charge >= 0.3 is 6.61 Å². The fourth-order valence-electron chi connectivity index (χ4n) is 0.984. The van der Waals surface area contributed by atoms with Crippen molar-refractivity contribution in [3.8, 4) is 0 Å². The second-order valence-corrected chi connectivity index (χ2v) is 2.38. The van der Waals surface area contributed by atoms with Gasteiger partial charge in [-0.2, -0.15) is 8.78 Å². The van der Waals surface area contributed by atoms with Gasteiger partial charge < -0.3 is 4.74 Å². The van der Waals surface area contributed by atoms with Crippen molar-refractivity contribution in [3.63, 3.8) is 0 Å². The molecule has 0 heterocycles. The zero-order valence-electron chi connectivity index (χ0n) is 6.24. The van der Waals surface area contributed by atoms with E-state index >= 15 is 0 Å². The Hall–Kier alpha value is -1.03. The van der Waals surface area contributed by atoms with Gasteiger partial charge in [-0.25, -0.2) is 0 Å². The average Bonchev–Trinajstić information content (AvgIpc) is 2.03. The molecule has 12 heavy (non-hydrogen) atoms. The first kappa shape index (κ1) is 9.06. The minimum Gasteiger partial charge on any atom is -0.315 e. The van der Waals surface area contributed by atoms with E-state index in [0.29, 0.717) is 11.9 Å². The van der Waals surface area contributed by atoms with Crippen LogP contribution in [0.5, 0.6) is 0 Å². The molecule has 0 spiro atoms. The molecule has 1 unspecified atom stereocenters. The van der Waals surface area contributed by atoms with Crippen LogP contribution in [-0.4, -0.2) is 19.0 Å². The first-order valence-electron chi connectivity index (χ1n) is 3.48. The smallest absolute Gasteiger partial charge is 0.315 e. The van der Waals surface area contributed by atoms with E-state index in [0.717, 1.165) is 0 Å². The monoisotopic (exact) mass is 174 g/mol. The van der Waals surface area contributed by atoms with Crippen LogP contribution in [-0.2, 0) is 9.53 Å². The average molecular weight is 174 g/mol. The third-order valence-corrected chi connectivity index (χ3v) is 1.50. The van der Waals surface area contributed by atoms with E-state index in [-0.39, 0.29) is 6.42 Å². The number of alkyl halides is 2. The van der Waals surface area contributed by atoms with Crippen molar-refractivity contribution in [3.05, 3.63) is 23.8 Å². The zero-order valence-corrected chi connectivity index (χ0v) is 6.24. The molecule has 0 aliphatic heterocycles. The van der Waals surface area contributed by atoms with E-state index in [4.69, 9.17) is 0 Å². The van der Waals surface area contributed by atoms with Gasteiger partial charge in [0.05, 0.1) is 6.10 Å². The minimum atomic E-state index is -2.79. The molecule has 0 aromatic heterocycles. The quantitative estimate of drug-likeness (QED) is 0.608. The molecule has 0 N–H and O–H groups in total. The van der Waals surface area contributed by atoms with E-state index in [2.05, 4.69) is 4.74 Å². The molecule has 0 radical (unpaired) electrons. The predicted molar refractivity (Wildman–Crippen MR) is 38.8 cm³/mol. The lowest BCUT2D eigenvalue weighted by Gasteiger charge is -2.15. The van der Waals surface area contributed by atoms with Crippen LogP contribution in [0.15, 0.2) is 23.8 Å². The molecule has 0 aromatic carbocycles. The molecule has 1 aliphatic carbocycles. The molecular formula is C8H8F2O2. The van der Waals surface area contributed by atoms with Crippen LogP contribution in [0.25, 0.3) is 0 Å². The molecule has 0 amide bonds. The Labute approximate surface area is 68.5 Å². The number of allylic oxidation sites excluding steroid dienone is 2. The van der Waals surface area contributed by atoms with Gasteiger partial charge in [-0.1, -0.05) is 18.2 Å². The number of carbonyl (C=O) groups excluding carboxylic acids is 1. The second-order valence-electron chi connectivity index (χ2n) is 2.38. The van der Waals surface area contributed by atoms with E-state index < -0.39 is 12.7 Å². The summed E-state index contributed by atoms with van der Waals surface area (Å²) in [6.45, 7) is -2.79. The summed E-state index contributed by atoms with van der Waals surface area (Å²) in [7, 11) is 0. The lowest BCUT2D eigenvalue weighted by molar-refractivity contribution is -0.150. The minimum absolute atomic E-state index is 0.227. The van der Waals surface area contributed by atoms with Crippen molar-refractivity contribution in [1.29, 1.82) is 0 Å². The number of hydrogen-bond donors (Lipinski definition) is 0. The second kappa shape index (κ2) is 4.11. The number of aldehydes is 1. The highest BCUT2D eigenvalue weighted by Gasteiger charge is 2.15. The maximum absolute atomic E-state index is 11.7. The molecule has 1 aliphatic rings. The van der Waals surface area contributed by atoms with Crippen molar-refractivity contribution in [2.45, 2.75) is 19.1 Å². The van der Waals surface area contributed by atoms with Crippen molar-refractivity contribution in [2.75, 3.05) is 0 Å². The Kier molecular flexibility index (Phi) is 3.10. The van der Waals surface area contributed by atoms with Crippen LogP contribution >= 0.6 is 0 Å². The molecule has 0 aromatic rings. The summed E-state index contributed by atoms with van der Waals surface area (Å²) in [5, 5.41) is 0. The van der Waals surface area contributed by atoms with Crippen molar-refractivity contribution in [1.82, 2.24) is 0 Å². The summed E-state index contributed by atoms with van der Waals surface area (Å²) >= 11 is 0. The first-order chi connectivity index (χ1) is 5.72. The third-order valence-electron chi connectivity index (χ3n) is 1.50. The fourth-order valence-corrected chi connectivity index (χ4v) is 0.984. The van der Waals surface area contributed by atoms with E-state index in [1.54, 1.807) is 12.2 Å². The van der Waals surface area contributed by atoms with E-state index in [1.807, 2.05) is 0 Å². The van der Waals surface area contributed by atoms with E-state index in [1.165, 1.54) is 6.08 Å². The van der Waals surface area contributed by atoms with Crippen LogP contribution in [0.3, 0.4) is 0 Å². The van der Waals surface area contributed by atoms with E-state index in [9.17, 15) is 13.6 Å². The molecule has 0 bridgehead atoms. The van der Waals surface area contributed by atoms with Crippen LogP contribution in [0.1, 0.15) is 6.42 Å². The highest BCUT2D eigenvalue weighted by Crippen LogP contribution is 2.15. The van der Waals surface area contributed by atoms with Crippen molar-refractivity contribution in [2.24, 2.45) is 0 Å². The van der Waals surface area contributed by atoms with Gasteiger partial charge in [-0.15, -0.1) is 0 Å². The van der Waals surface area contributed by atoms with Crippen LogP contribution < -0.4 is 0 Å². The van der Waals surface area contributed by atoms with Crippen LogP contribution in [0.2, 0.25) is 0 Å². The maximum Gasteiger partial charge on any atom is 0.345 e. The first-order valence-corrected chi connectivity index (χ1v) is 3.48. The molecule has 66 valence electrons. The largest absolute Gasteiger partial charge is 0.345 e. The highest BCUT2D eigenvalue weighted by atomic mass is 19.3. The fraction of sp³-hybridized carbons (Fsp3) is 0.375. The number of halogens is 2. The number of ether oxygens (including phenoxy) is 1. The Bertz CT molecular complexity index is 221. The zero-order chi connectivity index (χ0) is 8.97. The molecule has 0 saturated heterocycles. The Morgan fingerprint density at radius 3 is 3.00 bits per heavy atom. The van der Waals surface area contributed by atoms with Crippen LogP contribution in [0, 0.1) is 0 Å². The lowest BCUT2D eigenvalue weighted by atomic mass is 10.0. The molecular weight excluding hydrogens is 166 g/mol. The predicted octanol–water partition coefficient (Wildman–Crippen LogP) is 1.68. The molecule has 0 saturated carbocycles. The molecule has 1 atom stereocenters. The SMILES string of the molecule is O=CC1=CC=CC(OC(F)F)C1. The Balaban J connectivity index is 2.47. The highest BCUT2D eigenvalue weighted by molar-refractivity contribution is 5.74. The van der Waals surface area contributed by atoms with Gasteiger partial charge in [0.2, 0.25) is 0 Å². The summed E-state index contributed by atoms with van der Waals surface area (Å²) in [6.07, 6.45) is 4.82. The maximum atomic E-state index is 11.7. The summed E-state index contributed by atoms with van der Waals surface area (Å²) in [5.41, 5.74) is 0.475. The standard InChI is InChI=1S/C8H8F2O2/c9-8(10)12-7-3-1-2-6(4-7)5-11/h1-3,5,7-8H,4H2. The van der Waals surface area contributed by atoms with Gasteiger partial charge in [0.15, 0.2) is 0 Å². The lowest BCUT2D eigenvalue weighted by Crippen LogP contribution is -2.16. The Morgan fingerprint density at radius 2 is 2.42 bits per heavy atom. The normalized spacial score (nSPS) is 22.6. The molecule has 1 rings (SSSR count). The van der Waals surface area contributed by atoms with Gasteiger partial charge in [-0.3, -0.25) is 4.79 Å². The molecule has 4 heteroatoms. The van der Waals surface area contributed by atoms with Crippen LogP contribution in [0.4, 0.5) is 8.78 Å². The van der Waals surface area contributed by atoms with Gasteiger partial charge in [-0.05, 0) is 5.57 Å². The number of hydrogen-bond acceptors (Lipinski definition) is 2. The van der Waals surface area contributed by atoms with Gasteiger partial charge in [0.1, 0.15) is 6.29 Å². The summed E-state index contributed by atoms with van der Waals surface area (Å²) < 4.78 is 27.6. The van der Waals surface area contributed by atoms with Gasteiger partial charge in [0.25, 0.3) is 0 Å². The third kappa shape index (κ3) is 2.54. The topological polar surface area (TPSA) is 26.3 Å². The number of carbonyl (C=O) groups is 1. The summed E-state index contributed by atoms with van der Waals surface area (Å²) in [6, 6.07) is 0. The Morgan fingerprint density at radius 1 is 1.67 bits per heavy atom. The van der Waals surface area contributed by atoms with Crippen molar-refractivity contribution >= 4 is 6.29 Å². The van der Waals surface area contributed by atoms with Crippen molar-refractivity contribution < 1.29 is 18.3 Å². The van der Waals surface area contributed by atoms with Gasteiger partial charge in [0, 0.05) is 6.42 Å². The molecule has 2 nitrogen and oxygen atoms in total.